The second-order valence-electron chi connectivity index (χ2n) is 9.38. The average Bonchev–Trinajstić information content (AvgIpc) is 3.39. The fraction of sp³-hybridized carbons (Fsp3) is 0.286. The molecular formula is C28H29N5O2S. The lowest BCUT2D eigenvalue weighted by atomic mass is 10.1. The van der Waals surface area contributed by atoms with Crippen molar-refractivity contribution < 1.29 is 9.53 Å². The molecule has 2 aliphatic rings. The first-order valence-corrected chi connectivity index (χ1v) is 12.8. The third-order valence-electron chi connectivity index (χ3n) is 6.59. The maximum absolute atomic E-state index is 12.9. The third kappa shape index (κ3) is 4.26. The lowest BCUT2D eigenvalue weighted by molar-refractivity contribution is -0.114. The largest absolute Gasteiger partial charge is 0.492 e. The Bertz CT molecular complexity index is 1500. The minimum atomic E-state index is -0.409. The van der Waals surface area contributed by atoms with E-state index >= 15 is 0 Å². The topological polar surface area (TPSA) is 83.0 Å². The Hall–Kier alpha value is -3.65. The van der Waals surface area contributed by atoms with Crippen molar-refractivity contribution in [3.8, 4) is 5.75 Å². The number of nitrogens with zero attached hydrogens (tertiary/aromatic N) is 4. The van der Waals surface area contributed by atoms with Gasteiger partial charge in [0.2, 0.25) is 5.17 Å². The van der Waals surface area contributed by atoms with Crippen LogP contribution in [0.15, 0.2) is 58.1 Å². The summed E-state index contributed by atoms with van der Waals surface area (Å²) in [5.41, 5.74) is 5.65. The Kier molecular flexibility index (Phi) is 6.30. The van der Waals surface area contributed by atoms with Crippen LogP contribution in [0.5, 0.6) is 5.75 Å². The number of ether oxygens (including phenoxy) is 1. The number of rotatable bonds is 6. The second kappa shape index (κ2) is 9.43. The Labute approximate surface area is 215 Å². The molecule has 3 aromatic rings. The summed E-state index contributed by atoms with van der Waals surface area (Å²) < 4.78 is 8.26. The zero-order valence-corrected chi connectivity index (χ0v) is 21.9. The number of aryl methyl sites for hydroxylation is 2. The van der Waals surface area contributed by atoms with Gasteiger partial charge in [0, 0.05) is 28.1 Å². The normalized spacial score (nSPS) is 16.7. The van der Waals surface area contributed by atoms with Crippen molar-refractivity contribution in [3.63, 3.8) is 0 Å². The van der Waals surface area contributed by atoms with Crippen molar-refractivity contribution in [1.82, 2.24) is 9.58 Å². The van der Waals surface area contributed by atoms with E-state index < -0.39 is 5.91 Å². The maximum atomic E-state index is 12.9. The summed E-state index contributed by atoms with van der Waals surface area (Å²) in [7, 11) is 0. The minimum absolute atomic E-state index is 0.0578. The number of para-hydroxylation sites is 1. The number of aromatic nitrogens is 1. The molecule has 7 nitrogen and oxygen atoms in total. The molecule has 0 spiro atoms. The van der Waals surface area contributed by atoms with Gasteiger partial charge in [0.1, 0.15) is 17.4 Å². The Morgan fingerprint density at radius 2 is 1.89 bits per heavy atom. The van der Waals surface area contributed by atoms with Gasteiger partial charge in [-0.2, -0.15) is 15.1 Å². The molecule has 3 heterocycles. The van der Waals surface area contributed by atoms with Crippen LogP contribution >= 0.6 is 11.8 Å². The van der Waals surface area contributed by atoms with Crippen molar-refractivity contribution >= 4 is 50.7 Å². The molecule has 0 fully saturated rings. The predicted octanol–water partition coefficient (Wildman–Crippen LogP) is 5.92. The number of aliphatic imine (C=N–C) groups is 1. The van der Waals surface area contributed by atoms with Crippen molar-refractivity contribution in [2.75, 3.05) is 6.61 Å². The van der Waals surface area contributed by atoms with Gasteiger partial charge < -0.3 is 9.30 Å². The number of fused-ring (bicyclic) bond motifs is 2. The molecule has 0 saturated carbocycles. The van der Waals surface area contributed by atoms with Crippen LogP contribution < -0.4 is 4.74 Å². The second-order valence-corrected chi connectivity index (χ2v) is 10.4. The first kappa shape index (κ1) is 24.1. The number of benzene rings is 2. The average molecular weight is 500 g/mol. The van der Waals surface area contributed by atoms with Gasteiger partial charge in [-0.25, -0.2) is 0 Å². The van der Waals surface area contributed by atoms with E-state index in [-0.39, 0.29) is 17.3 Å². The summed E-state index contributed by atoms with van der Waals surface area (Å²) in [6.45, 7) is 11.4. The quantitative estimate of drug-likeness (QED) is 0.427. The van der Waals surface area contributed by atoms with Crippen LogP contribution in [0, 0.1) is 32.1 Å². The summed E-state index contributed by atoms with van der Waals surface area (Å²) in [6.07, 6.45) is 1.79. The molecule has 0 unspecified atom stereocenters. The summed E-state index contributed by atoms with van der Waals surface area (Å²) >= 11 is 1.36. The fourth-order valence-corrected chi connectivity index (χ4v) is 5.26. The number of hydrazone groups is 1. The molecule has 8 heteroatoms. The van der Waals surface area contributed by atoms with Crippen molar-refractivity contribution in [2.24, 2.45) is 16.0 Å². The number of hydrogen-bond donors (Lipinski definition) is 1. The monoisotopic (exact) mass is 499 g/mol. The lowest BCUT2D eigenvalue weighted by Crippen LogP contribution is -2.35. The summed E-state index contributed by atoms with van der Waals surface area (Å²) in [6, 6.07) is 14.2. The van der Waals surface area contributed by atoms with Gasteiger partial charge in [0.25, 0.3) is 5.91 Å². The van der Waals surface area contributed by atoms with Crippen LogP contribution in [0.2, 0.25) is 0 Å². The molecule has 2 aliphatic heterocycles. The van der Waals surface area contributed by atoms with Gasteiger partial charge in [-0.15, -0.1) is 0 Å². The van der Waals surface area contributed by atoms with Gasteiger partial charge in [0.05, 0.1) is 12.1 Å². The fourth-order valence-electron chi connectivity index (χ4n) is 4.37. The number of hydrogen-bond acceptors (Lipinski definition) is 5. The Morgan fingerprint density at radius 1 is 1.11 bits per heavy atom. The minimum Gasteiger partial charge on any atom is -0.492 e. The van der Waals surface area contributed by atoms with Crippen LogP contribution in [0.4, 0.5) is 0 Å². The lowest BCUT2D eigenvalue weighted by Gasteiger charge is -2.20. The molecule has 1 aromatic heterocycles. The zero-order chi connectivity index (χ0) is 25.6. The van der Waals surface area contributed by atoms with Gasteiger partial charge in [-0.05, 0) is 67.9 Å². The van der Waals surface area contributed by atoms with Crippen LogP contribution in [0.3, 0.4) is 0 Å². The smallest absolute Gasteiger partial charge is 0.283 e. The van der Waals surface area contributed by atoms with E-state index in [9.17, 15) is 4.79 Å². The highest BCUT2D eigenvalue weighted by Gasteiger charge is 2.36. The van der Waals surface area contributed by atoms with E-state index in [0.29, 0.717) is 18.3 Å². The number of thioether (sulfide) groups is 1. The molecule has 5 rings (SSSR count). The van der Waals surface area contributed by atoms with Gasteiger partial charge in [-0.1, -0.05) is 38.1 Å². The van der Waals surface area contributed by atoms with Crippen LogP contribution in [-0.2, 0) is 11.3 Å². The molecule has 1 N–H and O–H groups in total. The summed E-state index contributed by atoms with van der Waals surface area (Å²) in [5.74, 6) is 0.704. The molecule has 36 heavy (non-hydrogen) atoms. The van der Waals surface area contributed by atoms with Crippen LogP contribution in [0.1, 0.15) is 36.2 Å². The Morgan fingerprint density at radius 3 is 2.64 bits per heavy atom. The molecular weight excluding hydrogens is 470 g/mol. The highest BCUT2D eigenvalue weighted by atomic mass is 32.2. The number of amidine groups is 2. The van der Waals surface area contributed by atoms with Crippen molar-refractivity contribution in [2.45, 2.75) is 41.2 Å². The zero-order valence-electron chi connectivity index (χ0n) is 21.1. The molecule has 0 atom stereocenters. The highest BCUT2D eigenvalue weighted by Crippen LogP contribution is 2.33. The first-order valence-electron chi connectivity index (χ1n) is 12.0. The van der Waals surface area contributed by atoms with E-state index in [2.05, 4.69) is 46.7 Å². The van der Waals surface area contributed by atoms with E-state index in [1.807, 2.05) is 45.0 Å². The maximum Gasteiger partial charge on any atom is 0.283 e. The predicted molar refractivity (Wildman–Crippen MR) is 148 cm³/mol. The van der Waals surface area contributed by atoms with E-state index in [1.54, 1.807) is 6.08 Å². The summed E-state index contributed by atoms with van der Waals surface area (Å²) in [5, 5.41) is 17.0. The molecule has 2 aromatic carbocycles. The Balaban J connectivity index is 1.46. The highest BCUT2D eigenvalue weighted by molar-refractivity contribution is 8.27. The van der Waals surface area contributed by atoms with Gasteiger partial charge in [-0.3, -0.25) is 10.2 Å². The first-order chi connectivity index (χ1) is 17.2. The van der Waals surface area contributed by atoms with E-state index in [4.69, 9.17) is 10.1 Å². The third-order valence-corrected chi connectivity index (χ3v) is 7.80. The van der Waals surface area contributed by atoms with Crippen molar-refractivity contribution in [1.29, 1.82) is 5.41 Å². The number of carbonyl (C=O) groups excluding carboxylic acids is 1. The molecule has 0 saturated heterocycles. The van der Waals surface area contributed by atoms with E-state index in [1.165, 1.54) is 27.9 Å². The molecule has 1 amide bonds. The van der Waals surface area contributed by atoms with Crippen LogP contribution in [0.25, 0.3) is 17.0 Å². The standard InChI is InChI=1S/C28H29N5O2S/c1-16(2)27-31-33-25(29)23(26(34)30-28(33)36-27)15-22-19(5)32(24-9-7-6-8-21(22)24)12-13-35-20-11-10-17(3)18(4)14-20/h6-11,14-16,29H,12-13H2,1-5H3/b23-15-,29-25?. The molecule has 0 bridgehead atoms. The van der Waals surface area contributed by atoms with E-state index in [0.717, 1.165) is 33.0 Å². The SMILES string of the molecule is Cc1ccc(OCCn2c(C)c(/C=C3/C(=N)N4N=C(C(C)C)SC4=NC3=O)c3ccccc32)cc1C. The number of amides is 1. The molecule has 0 radical (unpaired) electrons. The van der Waals surface area contributed by atoms with Gasteiger partial charge >= 0.3 is 0 Å². The van der Waals surface area contributed by atoms with Gasteiger partial charge in [0.15, 0.2) is 5.84 Å². The van der Waals surface area contributed by atoms with Crippen LogP contribution in [-0.4, -0.2) is 38.1 Å². The molecule has 0 aliphatic carbocycles. The number of nitrogens with one attached hydrogen (secondary N) is 1. The molecule has 184 valence electrons. The van der Waals surface area contributed by atoms with Crippen molar-refractivity contribution in [3.05, 3.63) is 70.4 Å². The number of carbonyl (C=O) groups is 1. The summed E-state index contributed by atoms with van der Waals surface area (Å²) in [4.78, 5) is 17.2.